The van der Waals surface area contributed by atoms with E-state index in [2.05, 4.69) is 26.2 Å². The maximum absolute atomic E-state index is 12.0. The van der Waals surface area contributed by atoms with Gasteiger partial charge in [0.05, 0.1) is 18.4 Å². The van der Waals surface area contributed by atoms with Crippen LogP contribution < -0.4 is 5.32 Å². The number of urea groups is 1. The Morgan fingerprint density at radius 2 is 2.24 bits per heavy atom. The van der Waals surface area contributed by atoms with Crippen molar-refractivity contribution >= 4 is 45.0 Å². The second kappa shape index (κ2) is 6.68. The van der Waals surface area contributed by atoms with Gasteiger partial charge in [0.1, 0.15) is 5.69 Å². The van der Waals surface area contributed by atoms with Gasteiger partial charge in [0.25, 0.3) is 0 Å². The Morgan fingerprint density at radius 1 is 1.48 bits per heavy atom. The average Bonchev–Trinajstić information content (AvgIpc) is 2.84. The van der Waals surface area contributed by atoms with E-state index < -0.39 is 5.97 Å². The van der Waals surface area contributed by atoms with Crippen molar-refractivity contribution in [3.63, 3.8) is 0 Å². The standard InChI is InChI=1S/C13H12BrN3O3S/c1-17(6-10-4-8(14)7-21-10)13(20)16-9-2-3-11(12(18)19)15-5-9/h2-5,7H,6H2,1H3,(H,16,20)(H,18,19). The Balaban J connectivity index is 1.95. The van der Waals surface area contributed by atoms with E-state index >= 15 is 0 Å². The van der Waals surface area contributed by atoms with E-state index in [1.165, 1.54) is 23.2 Å². The Morgan fingerprint density at radius 3 is 2.76 bits per heavy atom. The first kappa shape index (κ1) is 15.5. The minimum atomic E-state index is -1.10. The third-order valence-corrected chi connectivity index (χ3v) is 4.28. The Kier molecular flexibility index (Phi) is 4.92. The highest BCUT2D eigenvalue weighted by atomic mass is 79.9. The van der Waals surface area contributed by atoms with Gasteiger partial charge in [-0.1, -0.05) is 0 Å². The van der Waals surface area contributed by atoms with Gasteiger partial charge in [-0.3, -0.25) is 0 Å². The highest BCUT2D eigenvalue weighted by molar-refractivity contribution is 9.10. The molecule has 0 aromatic carbocycles. The van der Waals surface area contributed by atoms with Gasteiger partial charge in [0, 0.05) is 21.8 Å². The Bertz CT molecular complexity index is 657. The van der Waals surface area contributed by atoms with Crippen molar-refractivity contribution in [3.8, 4) is 0 Å². The predicted molar refractivity (Wildman–Crippen MR) is 83.7 cm³/mol. The van der Waals surface area contributed by atoms with E-state index in [9.17, 15) is 9.59 Å². The molecule has 2 aromatic rings. The Hall–Kier alpha value is -1.93. The first-order valence-electron chi connectivity index (χ1n) is 5.90. The van der Waals surface area contributed by atoms with Crippen molar-refractivity contribution in [1.82, 2.24) is 9.88 Å². The summed E-state index contributed by atoms with van der Waals surface area (Å²) in [7, 11) is 1.68. The minimum absolute atomic E-state index is 0.0650. The Labute approximate surface area is 133 Å². The van der Waals surface area contributed by atoms with Gasteiger partial charge in [0.15, 0.2) is 0 Å². The van der Waals surface area contributed by atoms with Gasteiger partial charge in [-0.2, -0.15) is 0 Å². The fourth-order valence-electron chi connectivity index (χ4n) is 1.56. The first-order valence-corrected chi connectivity index (χ1v) is 7.57. The number of thiophene rings is 1. The molecule has 8 heteroatoms. The summed E-state index contributed by atoms with van der Waals surface area (Å²) in [4.78, 5) is 29.0. The maximum atomic E-state index is 12.0. The number of carbonyl (C=O) groups excluding carboxylic acids is 1. The molecule has 0 aliphatic carbocycles. The molecule has 0 atom stereocenters. The summed E-state index contributed by atoms with van der Waals surface area (Å²) in [5.74, 6) is -1.10. The third-order valence-electron chi connectivity index (χ3n) is 2.60. The van der Waals surface area contributed by atoms with E-state index in [0.29, 0.717) is 12.2 Å². The van der Waals surface area contributed by atoms with E-state index in [1.807, 2.05) is 11.4 Å². The van der Waals surface area contributed by atoms with Gasteiger partial charge >= 0.3 is 12.0 Å². The molecule has 2 heterocycles. The zero-order valence-electron chi connectivity index (χ0n) is 11.0. The van der Waals surface area contributed by atoms with Crippen molar-refractivity contribution in [2.24, 2.45) is 0 Å². The van der Waals surface area contributed by atoms with Crippen LogP contribution in [0.15, 0.2) is 34.2 Å². The normalized spacial score (nSPS) is 10.2. The number of carbonyl (C=O) groups is 2. The summed E-state index contributed by atoms with van der Waals surface area (Å²) in [6.45, 7) is 0.489. The lowest BCUT2D eigenvalue weighted by Crippen LogP contribution is -2.30. The number of amides is 2. The summed E-state index contributed by atoms with van der Waals surface area (Å²) in [5, 5.41) is 13.4. The lowest BCUT2D eigenvalue weighted by molar-refractivity contribution is 0.0690. The number of halogens is 1. The summed E-state index contributed by atoms with van der Waals surface area (Å²) in [6.07, 6.45) is 1.32. The largest absolute Gasteiger partial charge is 0.477 e. The van der Waals surface area contributed by atoms with Crippen molar-refractivity contribution in [2.75, 3.05) is 12.4 Å². The number of rotatable bonds is 4. The molecular weight excluding hydrogens is 358 g/mol. The van der Waals surface area contributed by atoms with Crippen molar-refractivity contribution in [1.29, 1.82) is 0 Å². The fraction of sp³-hybridized carbons (Fsp3) is 0.154. The zero-order chi connectivity index (χ0) is 15.4. The van der Waals surface area contributed by atoms with Crippen LogP contribution in [0.3, 0.4) is 0 Å². The molecule has 2 rings (SSSR count). The average molecular weight is 370 g/mol. The van der Waals surface area contributed by atoms with Crippen LogP contribution in [0.4, 0.5) is 10.5 Å². The van der Waals surface area contributed by atoms with Crippen LogP contribution in [0.5, 0.6) is 0 Å². The number of carboxylic acid groups (broad SMARTS) is 1. The molecule has 2 aromatic heterocycles. The molecule has 6 nitrogen and oxygen atoms in total. The molecule has 0 radical (unpaired) electrons. The third kappa shape index (κ3) is 4.27. The minimum Gasteiger partial charge on any atom is -0.477 e. The van der Waals surface area contributed by atoms with Gasteiger partial charge in [-0.15, -0.1) is 11.3 Å². The van der Waals surface area contributed by atoms with Crippen LogP contribution in [0.1, 0.15) is 15.4 Å². The molecule has 0 unspecified atom stereocenters. The summed E-state index contributed by atoms with van der Waals surface area (Å²) in [6, 6.07) is 4.51. The van der Waals surface area contributed by atoms with Crippen LogP contribution in [0, 0.1) is 0 Å². The molecule has 0 saturated heterocycles. The number of pyridine rings is 1. The van der Waals surface area contributed by atoms with Crippen LogP contribution in [-0.2, 0) is 6.54 Å². The number of nitrogens with zero attached hydrogens (tertiary/aromatic N) is 2. The predicted octanol–water partition coefficient (Wildman–Crippen LogP) is 3.27. The van der Waals surface area contributed by atoms with Crippen LogP contribution >= 0.6 is 27.3 Å². The van der Waals surface area contributed by atoms with E-state index in [-0.39, 0.29) is 11.7 Å². The van der Waals surface area contributed by atoms with E-state index in [4.69, 9.17) is 5.11 Å². The van der Waals surface area contributed by atoms with Crippen molar-refractivity contribution in [3.05, 3.63) is 44.8 Å². The van der Waals surface area contributed by atoms with Crippen LogP contribution in [0.25, 0.3) is 0 Å². The number of hydrogen-bond acceptors (Lipinski definition) is 4. The van der Waals surface area contributed by atoms with Crippen LogP contribution in [-0.4, -0.2) is 34.0 Å². The monoisotopic (exact) mass is 369 g/mol. The van der Waals surface area contributed by atoms with E-state index in [1.54, 1.807) is 18.4 Å². The number of carboxylic acids is 1. The molecule has 2 N–H and O–H groups in total. The maximum Gasteiger partial charge on any atom is 0.354 e. The number of nitrogens with one attached hydrogen (secondary N) is 1. The van der Waals surface area contributed by atoms with Crippen molar-refractivity contribution in [2.45, 2.75) is 6.54 Å². The molecule has 0 aliphatic rings. The SMILES string of the molecule is CN(Cc1cc(Br)cs1)C(=O)Nc1ccc(C(=O)O)nc1. The second-order valence-electron chi connectivity index (χ2n) is 4.25. The lowest BCUT2D eigenvalue weighted by atomic mass is 10.3. The van der Waals surface area contributed by atoms with Crippen molar-refractivity contribution < 1.29 is 14.7 Å². The van der Waals surface area contributed by atoms with Gasteiger partial charge in [-0.05, 0) is 34.1 Å². The summed E-state index contributed by atoms with van der Waals surface area (Å²) >= 11 is 4.93. The molecule has 0 saturated carbocycles. The zero-order valence-corrected chi connectivity index (χ0v) is 13.4. The topological polar surface area (TPSA) is 82.5 Å². The number of anilines is 1. The second-order valence-corrected chi connectivity index (χ2v) is 6.17. The molecular formula is C13H12BrN3O3S. The molecule has 21 heavy (non-hydrogen) atoms. The fourth-order valence-corrected chi connectivity index (χ4v) is 3.06. The molecule has 0 aliphatic heterocycles. The molecule has 2 amide bonds. The highest BCUT2D eigenvalue weighted by Crippen LogP contribution is 2.21. The first-order chi connectivity index (χ1) is 9.95. The molecule has 0 fully saturated rings. The highest BCUT2D eigenvalue weighted by Gasteiger charge is 2.11. The molecule has 0 spiro atoms. The van der Waals surface area contributed by atoms with Gasteiger partial charge in [-0.25, -0.2) is 14.6 Å². The van der Waals surface area contributed by atoms with Crippen LogP contribution in [0.2, 0.25) is 0 Å². The van der Waals surface area contributed by atoms with Gasteiger partial charge < -0.3 is 15.3 Å². The number of hydrogen-bond donors (Lipinski definition) is 2. The lowest BCUT2D eigenvalue weighted by Gasteiger charge is -2.17. The molecule has 0 bridgehead atoms. The van der Waals surface area contributed by atoms with Gasteiger partial charge in [0.2, 0.25) is 0 Å². The summed E-state index contributed by atoms with van der Waals surface area (Å²) in [5.41, 5.74) is 0.383. The van der Waals surface area contributed by atoms with E-state index in [0.717, 1.165) is 9.35 Å². The number of aromatic carboxylic acids is 1. The quantitative estimate of drug-likeness (QED) is 0.866. The number of aromatic nitrogens is 1. The summed E-state index contributed by atoms with van der Waals surface area (Å²) < 4.78 is 0.991. The molecule has 110 valence electrons. The smallest absolute Gasteiger partial charge is 0.354 e.